The van der Waals surface area contributed by atoms with Crippen molar-refractivity contribution in [3.8, 4) is 0 Å². The zero-order valence-electron chi connectivity index (χ0n) is 14.8. The first-order valence-electron chi connectivity index (χ1n) is 8.81. The summed E-state index contributed by atoms with van der Waals surface area (Å²) in [6, 6.07) is 5.58. The Hall–Kier alpha value is -2.00. The normalized spacial score (nSPS) is 16.9. The van der Waals surface area contributed by atoms with Crippen molar-refractivity contribution in [2.24, 2.45) is 0 Å². The van der Waals surface area contributed by atoms with Crippen molar-refractivity contribution in [2.45, 2.75) is 39.2 Å². The van der Waals surface area contributed by atoms with Gasteiger partial charge in [0.05, 0.1) is 12.1 Å². The molecule has 9 heteroatoms. The van der Waals surface area contributed by atoms with Crippen molar-refractivity contribution in [1.29, 1.82) is 0 Å². The molecule has 1 aromatic carbocycles. The summed E-state index contributed by atoms with van der Waals surface area (Å²) in [6.07, 6.45) is -3.32. The fourth-order valence-corrected chi connectivity index (χ4v) is 3.13. The van der Waals surface area contributed by atoms with Gasteiger partial charge in [0.2, 0.25) is 0 Å². The highest BCUT2D eigenvalue weighted by molar-refractivity contribution is 5.25. The topological polar surface area (TPSA) is 50.1 Å². The van der Waals surface area contributed by atoms with E-state index in [4.69, 9.17) is 0 Å². The Labute approximate surface area is 150 Å². The van der Waals surface area contributed by atoms with Gasteiger partial charge >= 0.3 is 6.18 Å². The number of hydrogen-bond acceptors (Lipinski definition) is 5. The van der Waals surface area contributed by atoms with Crippen LogP contribution in [0, 0.1) is 0 Å². The lowest BCUT2D eigenvalue weighted by Crippen LogP contribution is -2.45. The molecule has 0 unspecified atom stereocenters. The summed E-state index contributed by atoms with van der Waals surface area (Å²) in [5.41, 5.74) is 0.108. The molecule has 0 saturated carbocycles. The van der Waals surface area contributed by atoms with Crippen molar-refractivity contribution in [2.75, 3.05) is 26.2 Å². The van der Waals surface area contributed by atoms with Crippen LogP contribution in [0.15, 0.2) is 24.3 Å². The Morgan fingerprint density at radius 2 is 1.73 bits per heavy atom. The van der Waals surface area contributed by atoms with Gasteiger partial charge in [0, 0.05) is 39.3 Å². The van der Waals surface area contributed by atoms with E-state index in [-0.39, 0.29) is 0 Å². The third-order valence-electron chi connectivity index (χ3n) is 4.53. The number of nitrogens with zero attached hydrogens (tertiary/aromatic N) is 6. The average Bonchev–Trinajstić information content (AvgIpc) is 3.03. The first-order valence-corrected chi connectivity index (χ1v) is 8.81. The summed E-state index contributed by atoms with van der Waals surface area (Å²) < 4.78 is 40.3. The predicted molar refractivity (Wildman–Crippen MR) is 90.1 cm³/mol. The Kier molecular flexibility index (Phi) is 5.87. The fraction of sp³-hybridized carbons (Fsp3) is 0.588. The van der Waals surface area contributed by atoms with Gasteiger partial charge < -0.3 is 0 Å². The SMILES string of the molecule is CCCn1nnnc1CN1CCN(Cc2cccc(C(F)(F)F)c2)CC1. The van der Waals surface area contributed by atoms with E-state index in [9.17, 15) is 13.2 Å². The first kappa shape index (κ1) is 18.8. The quantitative estimate of drug-likeness (QED) is 0.784. The minimum atomic E-state index is -4.29. The Bertz CT molecular complexity index is 707. The minimum Gasteiger partial charge on any atom is -0.297 e. The van der Waals surface area contributed by atoms with Gasteiger partial charge in [0.25, 0.3) is 0 Å². The van der Waals surface area contributed by atoms with Gasteiger partial charge in [0.1, 0.15) is 0 Å². The largest absolute Gasteiger partial charge is 0.416 e. The van der Waals surface area contributed by atoms with Gasteiger partial charge in [0.15, 0.2) is 5.82 Å². The molecule has 0 bridgehead atoms. The number of aromatic nitrogens is 4. The number of halogens is 3. The Balaban J connectivity index is 1.52. The number of aryl methyl sites for hydroxylation is 1. The summed E-state index contributed by atoms with van der Waals surface area (Å²) in [5, 5.41) is 11.8. The van der Waals surface area contributed by atoms with Crippen LogP contribution in [0.2, 0.25) is 0 Å². The molecule has 0 amide bonds. The van der Waals surface area contributed by atoms with Crippen LogP contribution >= 0.6 is 0 Å². The molecular weight excluding hydrogens is 345 g/mol. The van der Waals surface area contributed by atoms with E-state index in [1.165, 1.54) is 12.1 Å². The summed E-state index contributed by atoms with van der Waals surface area (Å²) >= 11 is 0. The number of tetrazole rings is 1. The van der Waals surface area contributed by atoms with Crippen molar-refractivity contribution >= 4 is 0 Å². The number of rotatable bonds is 6. The second kappa shape index (κ2) is 8.13. The van der Waals surface area contributed by atoms with Crippen LogP contribution < -0.4 is 0 Å². The van der Waals surface area contributed by atoms with Gasteiger partial charge in [-0.3, -0.25) is 9.80 Å². The molecule has 1 aromatic heterocycles. The van der Waals surface area contributed by atoms with Gasteiger partial charge in [-0.15, -0.1) is 5.10 Å². The summed E-state index contributed by atoms with van der Waals surface area (Å²) in [4.78, 5) is 4.46. The zero-order chi connectivity index (χ0) is 18.6. The van der Waals surface area contributed by atoms with E-state index in [0.717, 1.165) is 51.0 Å². The summed E-state index contributed by atoms with van der Waals surface area (Å²) in [7, 11) is 0. The van der Waals surface area contributed by atoms with Crippen molar-refractivity contribution in [1.82, 2.24) is 30.0 Å². The van der Waals surface area contributed by atoms with E-state index in [0.29, 0.717) is 18.7 Å². The number of benzene rings is 1. The van der Waals surface area contributed by atoms with Crippen LogP contribution in [0.4, 0.5) is 13.2 Å². The molecule has 0 atom stereocenters. The molecule has 0 radical (unpaired) electrons. The minimum absolute atomic E-state index is 0.533. The van der Waals surface area contributed by atoms with E-state index in [1.54, 1.807) is 6.07 Å². The molecule has 142 valence electrons. The molecule has 2 heterocycles. The van der Waals surface area contributed by atoms with Crippen LogP contribution in [0.3, 0.4) is 0 Å². The molecule has 1 saturated heterocycles. The van der Waals surface area contributed by atoms with Gasteiger partial charge in [-0.05, 0) is 28.5 Å². The molecule has 2 aromatic rings. The van der Waals surface area contributed by atoms with Gasteiger partial charge in [-0.1, -0.05) is 25.1 Å². The fourth-order valence-electron chi connectivity index (χ4n) is 3.13. The maximum Gasteiger partial charge on any atom is 0.416 e. The second-order valence-electron chi connectivity index (χ2n) is 6.57. The van der Waals surface area contributed by atoms with E-state index < -0.39 is 11.7 Å². The molecule has 0 N–H and O–H groups in total. The monoisotopic (exact) mass is 368 g/mol. The predicted octanol–water partition coefficient (Wildman–Crippen LogP) is 2.42. The molecule has 6 nitrogen and oxygen atoms in total. The molecule has 1 aliphatic rings. The zero-order valence-corrected chi connectivity index (χ0v) is 14.8. The smallest absolute Gasteiger partial charge is 0.297 e. The van der Waals surface area contributed by atoms with E-state index in [1.807, 2.05) is 4.68 Å². The van der Waals surface area contributed by atoms with Crippen molar-refractivity contribution in [3.63, 3.8) is 0 Å². The lowest BCUT2D eigenvalue weighted by molar-refractivity contribution is -0.137. The van der Waals surface area contributed by atoms with Crippen LogP contribution in [0.25, 0.3) is 0 Å². The third-order valence-corrected chi connectivity index (χ3v) is 4.53. The second-order valence-corrected chi connectivity index (χ2v) is 6.57. The van der Waals surface area contributed by atoms with Crippen LogP contribution in [-0.4, -0.2) is 56.2 Å². The van der Waals surface area contributed by atoms with Crippen molar-refractivity contribution < 1.29 is 13.2 Å². The average molecular weight is 368 g/mol. The van der Waals surface area contributed by atoms with Gasteiger partial charge in [-0.25, -0.2) is 4.68 Å². The number of piperazine rings is 1. The summed E-state index contributed by atoms with van der Waals surface area (Å²) in [5.74, 6) is 0.859. The van der Waals surface area contributed by atoms with E-state index in [2.05, 4.69) is 32.2 Å². The Morgan fingerprint density at radius 3 is 2.38 bits per heavy atom. The van der Waals surface area contributed by atoms with Crippen LogP contribution in [0.1, 0.15) is 30.3 Å². The standard InChI is InChI=1S/C17H23F3N6/c1-2-6-26-16(21-22-23-26)13-25-9-7-24(8-10-25)12-14-4-3-5-15(11-14)17(18,19)20/h3-5,11H,2,6-10,12-13H2,1H3. The van der Waals surface area contributed by atoms with Crippen LogP contribution in [0.5, 0.6) is 0 Å². The number of hydrogen-bond donors (Lipinski definition) is 0. The highest BCUT2D eigenvalue weighted by Gasteiger charge is 2.30. The highest BCUT2D eigenvalue weighted by Crippen LogP contribution is 2.29. The van der Waals surface area contributed by atoms with Gasteiger partial charge in [-0.2, -0.15) is 13.2 Å². The highest BCUT2D eigenvalue weighted by atomic mass is 19.4. The Morgan fingerprint density at radius 1 is 1.04 bits per heavy atom. The molecule has 1 fully saturated rings. The molecule has 0 spiro atoms. The van der Waals surface area contributed by atoms with Crippen LogP contribution in [-0.2, 0) is 25.8 Å². The molecular formula is C17H23F3N6. The lowest BCUT2D eigenvalue weighted by atomic mass is 10.1. The first-order chi connectivity index (χ1) is 12.5. The lowest BCUT2D eigenvalue weighted by Gasteiger charge is -2.34. The molecule has 1 aliphatic heterocycles. The van der Waals surface area contributed by atoms with E-state index >= 15 is 0 Å². The number of alkyl halides is 3. The van der Waals surface area contributed by atoms with Crippen molar-refractivity contribution in [3.05, 3.63) is 41.2 Å². The maximum absolute atomic E-state index is 12.8. The maximum atomic E-state index is 12.8. The molecule has 3 rings (SSSR count). The third kappa shape index (κ3) is 4.79. The summed E-state index contributed by atoms with van der Waals surface area (Å²) in [6.45, 7) is 7.43. The molecule has 0 aliphatic carbocycles. The molecule has 26 heavy (non-hydrogen) atoms.